The number of hydrogen-bond donors (Lipinski definition) is 7. The van der Waals surface area contributed by atoms with Crippen molar-refractivity contribution in [1.29, 1.82) is 5.41 Å². The second-order valence-electron chi connectivity index (χ2n) is 20.6. The average molecular weight is 1100 g/mol. The molecule has 1 unspecified atom stereocenters. The summed E-state index contributed by atoms with van der Waals surface area (Å²) >= 11 is 0. The third-order valence-corrected chi connectivity index (χ3v) is 13.1. The summed E-state index contributed by atoms with van der Waals surface area (Å²) < 4.78 is 37.8. The van der Waals surface area contributed by atoms with Crippen LogP contribution in [-0.4, -0.2) is 93.3 Å². The minimum atomic E-state index is -2.11. The maximum atomic E-state index is 14.7. The number of unbranched alkanes of at least 4 members (excludes halogenated alkanes) is 1. The van der Waals surface area contributed by atoms with Crippen LogP contribution >= 0.6 is 8.26 Å². The van der Waals surface area contributed by atoms with Crippen molar-refractivity contribution in [3.8, 4) is 22.6 Å². The van der Waals surface area contributed by atoms with Gasteiger partial charge in [-0.25, -0.2) is 13.8 Å². The van der Waals surface area contributed by atoms with Crippen LogP contribution < -0.4 is 41.1 Å². The molecule has 0 aliphatic heterocycles. The van der Waals surface area contributed by atoms with Crippen molar-refractivity contribution < 1.29 is 47.1 Å². The number of nitrogens with one attached hydrogen (secondary N) is 7. The molecule has 6 aromatic rings. The number of rotatable bonds is 28. The minimum absolute atomic E-state index is 0.0111. The van der Waals surface area contributed by atoms with Gasteiger partial charge < -0.3 is 50.6 Å². The van der Waals surface area contributed by atoms with E-state index in [4.69, 9.17) is 24.4 Å². The Morgan fingerprint density at radius 2 is 1.15 bits per heavy atom. The van der Waals surface area contributed by atoms with Crippen molar-refractivity contribution in [2.75, 3.05) is 26.3 Å². The highest BCUT2D eigenvalue weighted by molar-refractivity contribution is 7.76. The van der Waals surface area contributed by atoms with Crippen molar-refractivity contribution in [3.63, 3.8) is 0 Å². The number of fused-ring (bicyclic) bond motifs is 2. The molecule has 0 fully saturated rings. The van der Waals surface area contributed by atoms with E-state index < -0.39 is 68.4 Å². The number of ether oxygens (including phenoxy) is 4. The van der Waals surface area contributed by atoms with Gasteiger partial charge in [-0.05, 0) is 110 Å². The fourth-order valence-corrected chi connectivity index (χ4v) is 9.08. The molecule has 0 bridgehead atoms. The summed E-state index contributed by atoms with van der Waals surface area (Å²) in [7, 11) is -0.799. The summed E-state index contributed by atoms with van der Waals surface area (Å²) in [5, 5.41) is 28.2. The Morgan fingerprint density at radius 1 is 0.620 bits per heavy atom. The van der Waals surface area contributed by atoms with Crippen molar-refractivity contribution >= 4 is 73.1 Å². The van der Waals surface area contributed by atoms with E-state index in [1.165, 1.54) is 7.57 Å². The van der Waals surface area contributed by atoms with Crippen LogP contribution in [0.4, 0.5) is 8.99 Å². The average Bonchev–Trinajstić information content (AvgIpc) is 3.45. The molecule has 0 radical (unpaired) electrons. The Morgan fingerprint density at radius 3 is 1.75 bits per heavy atom. The van der Waals surface area contributed by atoms with Gasteiger partial charge in [-0.3, -0.25) is 19.8 Å². The van der Waals surface area contributed by atoms with Gasteiger partial charge in [0.2, 0.25) is 19.4 Å². The van der Waals surface area contributed by atoms with E-state index in [1.54, 1.807) is 20.8 Å². The molecule has 418 valence electrons. The lowest BCUT2D eigenvalue weighted by atomic mass is 9.92. The number of benzene rings is 6. The first-order valence-electron chi connectivity index (χ1n) is 26.8. The molecule has 0 aliphatic carbocycles. The number of carbonyl (C=O) groups excluding carboxylic acids is 5. The minimum Gasteiger partial charge on any atom is -0.493 e. The molecule has 4 amide bonds. The molecule has 0 heterocycles. The number of carbonyl (C=O) groups is 5. The first kappa shape index (κ1) is 60.5. The highest BCUT2D eigenvalue weighted by Gasteiger charge is 2.31. The highest BCUT2D eigenvalue weighted by Crippen LogP contribution is 2.45. The first-order valence-corrected chi connectivity index (χ1v) is 28.5. The lowest BCUT2D eigenvalue weighted by Crippen LogP contribution is -2.56. The Balaban J connectivity index is 1.26. The number of hydrogen-bond acceptors (Lipinski definition) is 10. The number of esters is 1. The molecule has 0 saturated heterocycles. The zero-order valence-electron chi connectivity index (χ0n) is 46.0. The molecule has 19 heteroatoms. The lowest BCUT2D eigenvalue weighted by Gasteiger charge is -2.26. The fourth-order valence-electron chi connectivity index (χ4n) is 8.69. The molecule has 6 rings (SSSR count). The van der Waals surface area contributed by atoms with E-state index in [0.717, 1.165) is 50.2 Å². The van der Waals surface area contributed by atoms with Crippen LogP contribution in [0.5, 0.6) is 11.5 Å². The van der Waals surface area contributed by atoms with Gasteiger partial charge >= 0.3 is 12.1 Å². The zero-order valence-corrected chi connectivity index (χ0v) is 46.9. The summed E-state index contributed by atoms with van der Waals surface area (Å²) in [5.41, 5.74) is 2.34. The van der Waals surface area contributed by atoms with E-state index in [2.05, 4.69) is 45.5 Å². The third kappa shape index (κ3) is 19.9. The molecule has 0 aromatic heterocycles. The van der Waals surface area contributed by atoms with Crippen molar-refractivity contribution in [2.24, 2.45) is 5.92 Å². The molecule has 16 nitrogen and oxygen atoms in total. The van der Waals surface area contributed by atoms with Crippen LogP contribution in [0.1, 0.15) is 84.3 Å². The van der Waals surface area contributed by atoms with Crippen LogP contribution in [0.2, 0.25) is 0 Å². The maximum absolute atomic E-state index is 14.7. The van der Waals surface area contributed by atoms with Gasteiger partial charge in [0.1, 0.15) is 50.1 Å². The van der Waals surface area contributed by atoms with E-state index in [-0.39, 0.29) is 51.3 Å². The second kappa shape index (κ2) is 30.4. The monoisotopic (exact) mass is 1100 g/mol. The van der Waals surface area contributed by atoms with Crippen molar-refractivity contribution in [2.45, 2.75) is 110 Å². The smallest absolute Gasteiger partial charge is 0.407 e. The number of guanidine groups is 1. The van der Waals surface area contributed by atoms with Crippen molar-refractivity contribution in [3.05, 3.63) is 145 Å². The van der Waals surface area contributed by atoms with E-state index in [9.17, 15) is 28.2 Å². The second-order valence-corrected chi connectivity index (χ2v) is 21.8. The number of halogens is 1. The molecule has 4 atom stereocenters. The summed E-state index contributed by atoms with van der Waals surface area (Å²) in [5.74, 6) is -1.44. The lowest BCUT2D eigenvalue weighted by molar-refractivity contribution is -0.149. The predicted molar refractivity (Wildman–Crippen MR) is 312 cm³/mol. The standard InChI is InChI=1S/C60H74BFN7O9P/c1-40(2)33-36-75-50-31-29-43-23-12-14-25-45(43)53(50)54-46-26-15-13-24-44(46)30-32-51(54)76-39-52(70)66-47(27-16-17-34-65-59(74)78-60(3,4)5)55(71)67-48(28-18-35-64-58(63)69-79(61)62)56(72)68-49(37-41-19-8-6-9-20-41)57(73)77-38-42-21-10-7-11-22-42/h6-15,19-26,29-32,40,47-49H,16-18,27-28,33-39,61H2,1-5H3,(H,65,74)(H,66,70)(H,67,71)(H,68,72)(H3,63,64,69)/t47-,48-,49+,79?/m1/s1. The van der Waals surface area contributed by atoms with Crippen LogP contribution in [0.25, 0.3) is 32.7 Å². The van der Waals surface area contributed by atoms with E-state index >= 15 is 0 Å². The van der Waals surface area contributed by atoms with Gasteiger partial charge in [-0.15, -0.1) is 0 Å². The van der Waals surface area contributed by atoms with Gasteiger partial charge in [0.15, 0.2) is 12.6 Å². The van der Waals surface area contributed by atoms with Crippen LogP contribution in [0.15, 0.2) is 133 Å². The van der Waals surface area contributed by atoms with Crippen LogP contribution in [0.3, 0.4) is 0 Å². The van der Waals surface area contributed by atoms with Gasteiger partial charge in [0.25, 0.3) is 5.91 Å². The Hall–Kier alpha value is -7.72. The Kier molecular flexibility index (Phi) is 23.3. The maximum Gasteiger partial charge on any atom is 0.407 e. The van der Waals surface area contributed by atoms with Crippen LogP contribution in [-0.2, 0) is 41.7 Å². The topological polar surface area (TPSA) is 218 Å². The third-order valence-electron chi connectivity index (χ3n) is 12.6. The molecular weight excluding hydrogens is 1020 g/mol. The zero-order chi connectivity index (χ0) is 56.7. The highest BCUT2D eigenvalue weighted by atomic mass is 31.2. The van der Waals surface area contributed by atoms with Gasteiger partial charge in [-0.2, -0.15) is 0 Å². The molecule has 79 heavy (non-hydrogen) atoms. The molecule has 0 spiro atoms. The van der Waals surface area contributed by atoms with Gasteiger partial charge in [-0.1, -0.05) is 135 Å². The summed E-state index contributed by atoms with van der Waals surface area (Å²) in [6.45, 7) is 9.86. The molecular formula is C60H74BFN7O9P. The summed E-state index contributed by atoms with van der Waals surface area (Å²) in [4.78, 5) is 69.7. The first-order chi connectivity index (χ1) is 37.9. The van der Waals surface area contributed by atoms with Gasteiger partial charge in [0, 0.05) is 30.6 Å². The summed E-state index contributed by atoms with van der Waals surface area (Å²) in [6.07, 6.45) is 1.40. The molecule has 6 aromatic carbocycles. The van der Waals surface area contributed by atoms with E-state index in [0.29, 0.717) is 36.9 Å². The Labute approximate surface area is 464 Å². The summed E-state index contributed by atoms with van der Waals surface area (Å²) in [6, 6.07) is 38.2. The normalized spacial score (nSPS) is 12.8. The SMILES string of the molecule is BP(F)NC(=N)NCCC[C@@H](NC(=O)[C@@H](CCCCNC(=O)OC(C)(C)C)NC(=O)COc1ccc2ccccc2c1-c1c(OCCC(C)C)ccc2ccccc12)C(=O)N[C@@H](Cc1ccccc1)C(=O)OCc1ccccc1. The largest absolute Gasteiger partial charge is 0.493 e. The van der Waals surface area contributed by atoms with Crippen LogP contribution in [0, 0.1) is 11.3 Å². The van der Waals surface area contributed by atoms with Crippen molar-refractivity contribution in [1.82, 2.24) is 31.7 Å². The van der Waals surface area contributed by atoms with Gasteiger partial charge in [0.05, 0.1) is 6.61 Å². The quantitative estimate of drug-likeness (QED) is 0.00613. The number of amides is 4. The number of alkyl carbamates (subject to hydrolysis) is 1. The molecule has 0 aliphatic rings. The fraction of sp³-hybridized carbons (Fsp3) is 0.367. The molecule has 0 saturated carbocycles. The van der Waals surface area contributed by atoms with E-state index in [1.807, 2.05) is 133 Å². The Bertz CT molecular complexity index is 2980. The predicted octanol–water partition coefficient (Wildman–Crippen LogP) is 9.32. The molecule has 7 N–H and O–H groups in total.